The topological polar surface area (TPSA) is 77.5 Å². The van der Waals surface area contributed by atoms with E-state index in [0.717, 1.165) is 12.1 Å². The van der Waals surface area contributed by atoms with Crippen LogP contribution in [0.25, 0.3) is 5.57 Å². The van der Waals surface area contributed by atoms with E-state index in [1.54, 1.807) is 6.92 Å². The Balaban J connectivity index is 1.64. The van der Waals surface area contributed by atoms with Crippen LogP contribution in [-0.2, 0) is 20.4 Å². The molecule has 1 saturated heterocycles. The summed E-state index contributed by atoms with van der Waals surface area (Å²) in [7, 11) is 0. The van der Waals surface area contributed by atoms with E-state index in [9.17, 15) is 27.2 Å². The van der Waals surface area contributed by atoms with E-state index in [-0.39, 0.29) is 29.1 Å². The summed E-state index contributed by atoms with van der Waals surface area (Å²) in [5.74, 6) is -2.33. The number of alkyl halides is 3. The number of rotatable bonds is 5. The van der Waals surface area contributed by atoms with Gasteiger partial charge in [-0.2, -0.15) is 13.2 Å². The number of hydrogen-bond acceptors (Lipinski definition) is 5. The Hall–Kier alpha value is -3.27. The Kier molecular flexibility index (Phi) is 5.72. The highest BCUT2D eigenvalue weighted by molar-refractivity contribution is 6.11. The summed E-state index contributed by atoms with van der Waals surface area (Å²) in [6.07, 6.45) is -4.67. The quantitative estimate of drug-likeness (QED) is 0.541. The lowest BCUT2D eigenvalue weighted by molar-refractivity contribution is -0.141. The van der Waals surface area contributed by atoms with Crippen LogP contribution in [0.3, 0.4) is 0 Å². The molecule has 2 aliphatic heterocycles. The van der Waals surface area contributed by atoms with E-state index >= 15 is 0 Å². The van der Waals surface area contributed by atoms with Crippen molar-refractivity contribution in [2.45, 2.75) is 38.1 Å². The number of esters is 1. The number of benzene rings is 1. The molecule has 1 amide bonds. The summed E-state index contributed by atoms with van der Waals surface area (Å²) in [5, 5.41) is 2.53. The lowest BCUT2D eigenvalue weighted by Gasteiger charge is -2.17. The molecular formula is C22H18F4N2O4. The van der Waals surface area contributed by atoms with Gasteiger partial charge in [0.05, 0.1) is 35.6 Å². The Morgan fingerprint density at radius 2 is 1.94 bits per heavy atom. The van der Waals surface area contributed by atoms with Crippen LogP contribution in [0.4, 0.5) is 23.2 Å². The maximum absolute atomic E-state index is 14.3. The van der Waals surface area contributed by atoms with Gasteiger partial charge in [-0.05, 0) is 50.1 Å². The molecule has 10 heteroatoms. The zero-order valence-corrected chi connectivity index (χ0v) is 16.8. The van der Waals surface area contributed by atoms with Crippen LogP contribution in [-0.4, -0.2) is 35.7 Å². The molecule has 1 aromatic carbocycles. The van der Waals surface area contributed by atoms with Crippen LogP contribution in [0, 0.1) is 5.82 Å². The van der Waals surface area contributed by atoms with Crippen molar-refractivity contribution in [1.29, 1.82) is 0 Å². The minimum Gasteiger partial charge on any atom is -0.462 e. The number of nitrogens with zero attached hydrogens (tertiary/aromatic N) is 1. The molecule has 0 aliphatic carbocycles. The highest BCUT2D eigenvalue weighted by Gasteiger charge is 2.45. The molecule has 0 radical (unpaired) electrons. The van der Waals surface area contributed by atoms with Gasteiger partial charge in [0.15, 0.2) is 0 Å². The van der Waals surface area contributed by atoms with Gasteiger partial charge in [0, 0.05) is 11.3 Å². The van der Waals surface area contributed by atoms with Gasteiger partial charge in [-0.3, -0.25) is 4.79 Å². The molecule has 4 rings (SSSR count). The van der Waals surface area contributed by atoms with Gasteiger partial charge in [-0.1, -0.05) is 6.07 Å². The average Bonchev–Trinajstić information content (AvgIpc) is 3.35. The third kappa shape index (κ3) is 4.10. The third-order valence-electron chi connectivity index (χ3n) is 5.24. The molecular weight excluding hydrogens is 432 g/mol. The van der Waals surface area contributed by atoms with Crippen LogP contribution in [0.5, 0.6) is 0 Å². The van der Waals surface area contributed by atoms with Gasteiger partial charge in [0.2, 0.25) is 0 Å². The van der Waals surface area contributed by atoms with E-state index in [1.165, 1.54) is 24.3 Å². The number of carbonyl (C=O) groups excluding carboxylic acids is 2. The number of carbonyl (C=O) groups is 2. The number of nitrogens with one attached hydrogen (secondary N) is 1. The number of aromatic nitrogens is 1. The third-order valence-corrected chi connectivity index (χ3v) is 5.24. The second-order valence-corrected chi connectivity index (χ2v) is 7.29. The first-order chi connectivity index (χ1) is 15.2. The van der Waals surface area contributed by atoms with Gasteiger partial charge in [0.1, 0.15) is 11.5 Å². The van der Waals surface area contributed by atoms with Crippen LogP contribution in [0.1, 0.15) is 41.5 Å². The lowest BCUT2D eigenvalue weighted by Crippen LogP contribution is -2.23. The van der Waals surface area contributed by atoms with E-state index in [4.69, 9.17) is 9.47 Å². The zero-order valence-electron chi connectivity index (χ0n) is 16.8. The Morgan fingerprint density at radius 1 is 1.19 bits per heavy atom. The standard InChI is InChI=1S/C22H18F4N2O4/c1-2-31-21(30)12-7-6-11(10-13(12)23)27-20(29)19-16-9-8-15(32-16)18(19)14-4-3-5-17(28-14)22(24,25)26/h3-7,10,15-16H,2,8-9H2,1H3,(H,27,29)/t15-,16+/m0/s1. The number of halogens is 4. The first kappa shape index (κ1) is 21.9. The van der Waals surface area contributed by atoms with E-state index < -0.39 is 41.8 Å². The minimum atomic E-state index is -4.63. The fraction of sp³-hybridized carbons (Fsp3) is 0.318. The molecule has 2 bridgehead atoms. The SMILES string of the molecule is CCOC(=O)c1ccc(NC(=O)C2=C(c3cccc(C(F)(F)F)n3)[C@@H]3CC[C@H]2O3)cc1F. The molecule has 2 aromatic rings. The molecule has 1 N–H and O–H groups in total. The summed E-state index contributed by atoms with van der Waals surface area (Å²) >= 11 is 0. The van der Waals surface area contributed by atoms with Crippen molar-refractivity contribution < 1.29 is 36.6 Å². The summed E-state index contributed by atoms with van der Waals surface area (Å²) in [5.41, 5.74) is -0.785. The van der Waals surface area contributed by atoms with E-state index in [1.807, 2.05) is 0 Å². The smallest absolute Gasteiger partial charge is 0.433 e. The van der Waals surface area contributed by atoms with E-state index in [0.29, 0.717) is 18.4 Å². The normalized spacial score (nSPS) is 19.9. The number of hydrogen-bond donors (Lipinski definition) is 1. The largest absolute Gasteiger partial charge is 0.462 e. The predicted molar refractivity (Wildman–Crippen MR) is 105 cm³/mol. The maximum Gasteiger partial charge on any atom is 0.433 e. The molecule has 6 nitrogen and oxygen atoms in total. The molecule has 0 spiro atoms. The van der Waals surface area contributed by atoms with Crippen LogP contribution >= 0.6 is 0 Å². The van der Waals surface area contributed by atoms with Gasteiger partial charge in [-0.15, -0.1) is 0 Å². The fourth-order valence-electron chi connectivity index (χ4n) is 3.89. The summed E-state index contributed by atoms with van der Waals surface area (Å²) in [6, 6.07) is 6.97. The molecule has 32 heavy (non-hydrogen) atoms. The number of amides is 1. The highest BCUT2D eigenvalue weighted by atomic mass is 19.4. The van der Waals surface area contributed by atoms with Crippen molar-refractivity contribution in [2.24, 2.45) is 0 Å². The van der Waals surface area contributed by atoms with Crippen LogP contribution < -0.4 is 5.32 Å². The molecule has 3 heterocycles. The molecule has 1 fully saturated rings. The number of pyridine rings is 1. The van der Waals surface area contributed by atoms with Crippen LogP contribution in [0.15, 0.2) is 42.0 Å². The molecule has 0 saturated carbocycles. The van der Waals surface area contributed by atoms with E-state index in [2.05, 4.69) is 10.3 Å². The van der Waals surface area contributed by atoms with Gasteiger partial charge in [-0.25, -0.2) is 14.2 Å². The predicted octanol–water partition coefficient (Wildman–Crippen LogP) is 4.37. The van der Waals surface area contributed by atoms with Crippen molar-refractivity contribution in [3.8, 4) is 0 Å². The highest BCUT2D eigenvalue weighted by Crippen LogP contribution is 2.44. The van der Waals surface area contributed by atoms with Gasteiger partial charge >= 0.3 is 12.1 Å². The Bertz CT molecular complexity index is 1110. The monoisotopic (exact) mass is 450 g/mol. The zero-order chi connectivity index (χ0) is 23.0. The first-order valence-corrected chi connectivity index (χ1v) is 9.91. The maximum atomic E-state index is 14.3. The molecule has 2 aliphatic rings. The summed E-state index contributed by atoms with van der Waals surface area (Å²) in [4.78, 5) is 28.4. The number of fused-ring (bicyclic) bond motifs is 2. The molecule has 168 valence electrons. The summed E-state index contributed by atoms with van der Waals surface area (Å²) < 4.78 is 64.1. The Labute approximate surface area is 180 Å². The molecule has 2 atom stereocenters. The molecule has 1 aromatic heterocycles. The minimum absolute atomic E-state index is 0.0148. The van der Waals surface area contributed by atoms with Crippen molar-refractivity contribution in [3.05, 3.63) is 64.7 Å². The van der Waals surface area contributed by atoms with Gasteiger partial charge in [0.25, 0.3) is 5.91 Å². The first-order valence-electron chi connectivity index (χ1n) is 9.91. The van der Waals surface area contributed by atoms with Crippen molar-refractivity contribution >= 4 is 23.1 Å². The number of anilines is 1. The number of ether oxygens (including phenoxy) is 2. The Morgan fingerprint density at radius 3 is 2.62 bits per heavy atom. The summed E-state index contributed by atoms with van der Waals surface area (Å²) in [6.45, 7) is 1.67. The van der Waals surface area contributed by atoms with Crippen molar-refractivity contribution in [2.75, 3.05) is 11.9 Å². The second kappa shape index (κ2) is 8.34. The second-order valence-electron chi connectivity index (χ2n) is 7.29. The van der Waals surface area contributed by atoms with Gasteiger partial charge < -0.3 is 14.8 Å². The fourth-order valence-corrected chi connectivity index (χ4v) is 3.89. The van der Waals surface area contributed by atoms with Crippen molar-refractivity contribution in [1.82, 2.24) is 4.98 Å². The average molecular weight is 450 g/mol. The van der Waals surface area contributed by atoms with Crippen molar-refractivity contribution in [3.63, 3.8) is 0 Å². The van der Waals surface area contributed by atoms with Crippen LogP contribution in [0.2, 0.25) is 0 Å². The molecule has 0 unspecified atom stereocenters. The lowest BCUT2D eigenvalue weighted by atomic mass is 9.89.